The zero-order chi connectivity index (χ0) is 12.5. The molecule has 0 radical (unpaired) electrons. The lowest BCUT2D eigenvalue weighted by Gasteiger charge is -2.09. The van der Waals surface area contributed by atoms with E-state index in [-0.39, 0.29) is 5.97 Å². The Labute approximate surface area is 108 Å². The third-order valence-corrected chi connectivity index (χ3v) is 3.80. The van der Waals surface area contributed by atoms with Crippen LogP contribution in [0.25, 0.3) is 0 Å². The number of rotatable bonds is 7. The molecule has 94 valence electrons. The molecule has 1 atom stereocenters. The summed E-state index contributed by atoms with van der Waals surface area (Å²) in [5.41, 5.74) is 1.38. The summed E-state index contributed by atoms with van der Waals surface area (Å²) in [4.78, 5) is 11.0. The smallest absolute Gasteiger partial charge is 0.306 e. The van der Waals surface area contributed by atoms with Gasteiger partial charge in [0.25, 0.3) is 0 Å². The van der Waals surface area contributed by atoms with Gasteiger partial charge in [-0.3, -0.25) is 4.79 Å². The van der Waals surface area contributed by atoms with Crippen molar-refractivity contribution in [3.05, 3.63) is 35.9 Å². The lowest BCUT2D eigenvalue weighted by atomic mass is 10.1. The highest BCUT2D eigenvalue weighted by molar-refractivity contribution is 7.99. The van der Waals surface area contributed by atoms with E-state index < -0.39 is 0 Å². The molecule has 0 amide bonds. The van der Waals surface area contributed by atoms with Gasteiger partial charge in [-0.2, -0.15) is 11.8 Å². The molecule has 2 nitrogen and oxygen atoms in total. The average Bonchev–Trinajstić information content (AvgIpc) is 2.36. The van der Waals surface area contributed by atoms with Gasteiger partial charge in [-0.1, -0.05) is 37.3 Å². The van der Waals surface area contributed by atoms with E-state index in [1.54, 1.807) is 0 Å². The largest absolute Gasteiger partial charge is 0.469 e. The molecule has 0 saturated heterocycles. The molecular formula is C14H20O2S. The van der Waals surface area contributed by atoms with Crippen molar-refractivity contribution in [3.63, 3.8) is 0 Å². The van der Waals surface area contributed by atoms with Crippen molar-refractivity contribution in [1.82, 2.24) is 0 Å². The summed E-state index contributed by atoms with van der Waals surface area (Å²) in [6.07, 6.45) is 2.77. The second-order valence-corrected chi connectivity index (χ2v) is 5.60. The molecule has 0 fully saturated rings. The number of thioether (sulfide) groups is 1. The Hall–Kier alpha value is -0.960. The number of ether oxygens (including phenoxy) is 1. The van der Waals surface area contributed by atoms with Gasteiger partial charge in [0.15, 0.2) is 0 Å². The highest BCUT2D eigenvalue weighted by atomic mass is 32.2. The molecule has 1 aromatic rings. The maximum Gasteiger partial charge on any atom is 0.306 e. The van der Waals surface area contributed by atoms with Crippen molar-refractivity contribution < 1.29 is 9.53 Å². The number of hydrogen-bond acceptors (Lipinski definition) is 3. The van der Waals surface area contributed by atoms with Crippen LogP contribution in [0.4, 0.5) is 0 Å². The molecule has 0 aromatic heterocycles. The Morgan fingerprint density at radius 1 is 1.35 bits per heavy atom. The van der Waals surface area contributed by atoms with Crippen molar-refractivity contribution in [2.75, 3.05) is 12.9 Å². The molecule has 0 aliphatic carbocycles. The molecule has 0 saturated carbocycles. The van der Waals surface area contributed by atoms with Crippen LogP contribution in [-0.4, -0.2) is 24.1 Å². The molecule has 0 aliphatic rings. The second kappa shape index (κ2) is 8.18. The standard InChI is InChI=1S/C14H20O2S/c1-12(11-14(15)16-2)17-10-6-9-13-7-4-3-5-8-13/h3-5,7-8,12H,6,9-11H2,1-2H3. The van der Waals surface area contributed by atoms with Crippen LogP contribution in [0.5, 0.6) is 0 Å². The lowest BCUT2D eigenvalue weighted by molar-refractivity contribution is -0.140. The molecule has 0 aliphatic heterocycles. The van der Waals surface area contributed by atoms with Crippen molar-refractivity contribution in [2.45, 2.75) is 31.4 Å². The SMILES string of the molecule is COC(=O)CC(C)SCCCc1ccccc1. The first-order chi connectivity index (χ1) is 8.22. The van der Waals surface area contributed by atoms with Crippen LogP contribution in [0, 0.1) is 0 Å². The maximum absolute atomic E-state index is 11.0. The van der Waals surface area contributed by atoms with Crippen molar-refractivity contribution in [3.8, 4) is 0 Å². The van der Waals surface area contributed by atoms with Gasteiger partial charge in [-0.15, -0.1) is 0 Å². The molecule has 0 bridgehead atoms. The van der Waals surface area contributed by atoms with Gasteiger partial charge in [-0.25, -0.2) is 0 Å². The summed E-state index contributed by atoms with van der Waals surface area (Å²) < 4.78 is 4.64. The van der Waals surface area contributed by atoms with Crippen LogP contribution in [0.1, 0.15) is 25.3 Å². The summed E-state index contributed by atoms with van der Waals surface area (Å²) in [7, 11) is 1.44. The minimum absolute atomic E-state index is 0.118. The van der Waals surface area contributed by atoms with E-state index in [0.29, 0.717) is 11.7 Å². The molecule has 1 unspecified atom stereocenters. The Kier molecular flexibility index (Phi) is 6.78. The highest BCUT2D eigenvalue weighted by Gasteiger charge is 2.08. The monoisotopic (exact) mass is 252 g/mol. The number of esters is 1. The van der Waals surface area contributed by atoms with E-state index in [4.69, 9.17) is 0 Å². The molecule has 3 heteroatoms. The summed E-state index contributed by atoms with van der Waals surface area (Å²) in [6.45, 7) is 2.07. The Balaban J connectivity index is 2.10. The van der Waals surface area contributed by atoms with Gasteiger partial charge in [0, 0.05) is 5.25 Å². The minimum atomic E-state index is -0.118. The van der Waals surface area contributed by atoms with E-state index >= 15 is 0 Å². The fourth-order valence-corrected chi connectivity index (χ4v) is 2.55. The number of hydrogen-bond donors (Lipinski definition) is 0. The number of methoxy groups -OCH3 is 1. The Morgan fingerprint density at radius 2 is 2.06 bits per heavy atom. The first-order valence-electron chi connectivity index (χ1n) is 5.94. The molecule has 0 N–H and O–H groups in total. The Morgan fingerprint density at radius 3 is 2.71 bits per heavy atom. The first-order valence-corrected chi connectivity index (χ1v) is 6.99. The molecule has 0 heterocycles. The van der Waals surface area contributed by atoms with Gasteiger partial charge in [-0.05, 0) is 24.2 Å². The van der Waals surface area contributed by atoms with Crippen molar-refractivity contribution >= 4 is 17.7 Å². The lowest BCUT2D eigenvalue weighted by Crippen LogP contribution is -2.09. The summed E-state index contributed by atoms with van der Waals surface area (Å²) in [5.74, 6) is 0.973. The molecule has 0 spiro atoms. The van der Waals surface area contributed by atoms with Crippen LogP contribution >= 0.6 is 11.8 Å². The summed E-state index contributed by atoms with van der Waals surface area (Å²) >= 11 is 1.84. The molecular weight excluding hydrogens is 232 g/mol. The third kappa shape index (κ3) is 6.37. The normalized spacial score (nSPS) is 12.1. The summed E-state index contributed by atoms with van der Waals surface area (Å²) in [6, 6.07) is 10.5. The van der Waals surface area contributed by atoms with Crippen LogP contribution < -0.4 is 0 Å². The third-order valence-electron chi connectivity index (χ3n) is 2.54. The maximum atomic E-state index is 11.0. The zero-order valence-corrected chi connectivity index (χ0v) is 11.3. The minimum Gasteiger partial charge on any atom is -0.469 e. The van der Waals surface area contributed by atoms with Gasteiger partial charge in [0.1, 0.15) is 0 Å². The molecule has 17 heavy (non-hydrogen) atoms. The number of carbonyl (C=O) groups is 1. The van der Waals surface area contributed by atoms with E-state index in [2.05, 4.69) is 35.9 Å². The van der Waals surface area contributed by atoms with Gasteiger partial charge in [0.2, 0.25) is 0 Å². The fourth-order valence-electron chi connectivity index (χ4n) is 1.58. The number of carbonyl (C=O) groups excluding carboxylic acids is 1. The predicted molar refractivity (Wildman–Crippen MR) is 73.3 cm³/mol. The van der Waals surface area contributed by atoms with E-state index in [9.17, 15) is 4.79 Å². The number of aryl methyl sites for hydroxylation is 1. The van der Waals surface area contributed by atoms with Crippen LogP contribution in [0.3, 0.4) is 0 Å². The van der Waals surface area contributed by atoms with Gasteiger partial charge >= 0.3 is 5.97 Å². The van der Waals surface area contributed by atoms with Gasteiger partial charge < -0.3 is 4.74 Å². The highest BCUT2D eigenvalue weighted by Crippen LogP contribution is 2.16. The molecule has 1 rings (SSSR count). The predicted octanol–water partition coefficient (Wildman–Crippen LogP) is 3.30. The van der Waals surface area contributed by atoms with Crippen LogP contribution in [0.15, 0.2) is 30.3 Å². The van der Waals surface area contributed by atoms with Crippen LogP contribution in [-0.2, 0) is 16.0 Å². The topological polar surface area (TPSA) is 26.3 Å². The number of benzene rings is 1. The quantitative estimate of drug-likeness (QED) is 0.550. The van der Waals surface area contributed by atoms with Crippen molar-refractivity contribution in [1.29, 1.82) is 0 Å². The second-order valence-electron chi connectivity index (χ2n) is 4.05. The summed E-state index contributed by atoms with van der Waals surface area (Å²) in [5, 5.41) is 0.346. The Bertz CT molecular complexity index is 324. The zero-order valence-electron chi connectivity index (χ0n) is 10.5. The van der Waals surface area contributed by atoms with E-state index in [1.807, 2.05) is 17.8 Å². The van der Waals surface area contributed by atoms with E-state index in [1.165, 1.54) is 12.7 Å². The van der Waals surface area contributed by atoms with E-state index in [0.717, 1.165) is 18.6 Å². The van der Waals surface area contributed by atoms with Crippen molar-refractivity contribution in [2.24, 2.45) is 0 Å². The molecule has 1 aromatic carbocycles. The van der Waals surface area contributed by atoms with Gasteiger partial charge in [0.05, 0.1) is 13.5 Å². The average molecular weight is 252 g/mol. The van der Waals surface area contributed by atoms with Crippen LogP contribution in [0.2, 0.25) is 0 Å². The first kappa shape index (κ1) is 14.1. The fraction of sp³-hybridized carbons (Fsp3) is 0.500.